The van der Waals surface area contributed by atoms with Gasteiger partial charge < -0.3 is 15.2 Å². The second-order valence-corrected chi connectivity index (χ2v) is 2.93. The Morgan fingerprint density at radius 2 is 2.07 bits per heavy atom. The molecule has 0 atom stereocenters. The molecular formula is C10H16N2O2. The largest absolute Gasteiger partial charge is 0.350 e. The van der Waals surface area contributed by atoms with E-state index in [1.807, 2.05) is 12.1 Å². The van der Waals surface area contributed by atoms with Crippen molar-refractivity contribution < 1.29 is 9.47 Å². The van der Waals surface area contributed by atoms with E-state index in [1.165, 1.54) is 0 Å². The first-order chi connectivity index (χ1) is 6.81. The van der Waals surface area contributed by atoms with Gasteiger partial charge in [-0.1, -0.05) is 6.07 Å². The van der Waals surface area contributed by atoms with E-state index >= 15 is 0 Å². The fraction of sp³-hybridized carbons (Fsp3) is 0.500. The quantitative estimate of drug-likeness (QED) is 0.710. The van der Waals surface area contributed by atoms with Crippen molar-refractivity contribution in [3.05, 3.63) is 29.6 Å². The van der Waals surface area contributed by atoms with Gasteiger partial charge in [0.05, 0.1) is 5.69 Å². The number of nitrogens with two attached hydrogens (primary N) is 1. The SMILES string of the molecule is COC(OC)c1ccc(CCN)cn1. The Hall–Kier alpha value is -0.970. The number of hydrogen-bond acceptors (Lipinski definition) is 4. The van der Waals surface area contributed by atoms with Crippen molar-refractivity contribution in [2.24, 2.45) is 5.73 Å². The minimum Gasteiger partial charge on any atom is -0.350 e. The molecule has 0 aliphatic rings. The van der Waals surface area contributed by atoms with Crippen molar-refractivity contribution in [3.8, 4) is 0 Å². The lowest BCUT2D eigenvalue weighted by molar-refractivity contribution is -0.108. The first kappa shape index (κ1) is 11.1. The molecule has 0 saturated heterocycles. The molecule has 0 aliphatic carbocycles. The summed E-state index contributed by atoms with van der Waals surface area (Å²) in [7, 11) is 3.17. The highest BCUT2D eigenvalue weighted by molar-refractivity contribution is 5.15. The molecule has 0 saturated carbocycles. The average molecular weight is 196 g/mol. The van der Waals surface area contributed by atoms with E-state index in [0.717, 1.165) is 17.7 Å². The van der Waals surface area contributed by atoms with Crippen LogP contribution in [0.1, 0.15) is 17.5 Å². The van der Waals surface area contributed by atoms with Crippen LogP contribution < -0.4 is 5.73 Å². The van der Waals surface area contributed by atoms with Gasteiger partial charge in [-0.2, -0.15) is 0 Å². The number of ether oxygens (including phenoxy) is 2. The lowest BCUT2D eigenvalue weighted by atomic mass is 10.2. The molecule has 0 unspecified atom stereocenters. The number of pyridine rings is 1. The van der Waals surface area contributed by atoms with Crippen molar-refractivity contribution in [2.75, 3.05) is 20.8 Å². The van der Waals surface area contributed by atoms with E-state index in [2.05, 4.69) is 4.98 Å². The van der Waals surface area contributed by atoms with Gasteiger partial charge in [-0.3, -0.25) is 4.98 Å². The molecule has 78 valence electrons. The predicted octanol–water partition coefficient (Wildman–Crippen LogP) is 0.874. The summed E-state index contributed by atoms with van der Waals surface area (Å²) in [5.74, 6) is 0. The molecule has 1 aromatic rings. The van der Waals surface area contributed by atoms with Crippen LogP contribution in [0.15, 0.2) is 18.3 Å². The molecule has 4 nitrogen and oxygen atoms in total. The molecule has 1 aromatic heterocycles. The summed E-state index contributed by atoms with van der Waals surface area (Å²) in [6.07, 6.45) is 2.26. The highest BCUT2D eigenvalue weighted by Gasteiger charge is 2.09. The first-order valence-electron chi connectivity index (χ1n) is 4.52. The van der Waals surface area contributed by atoms with Gasteiger partial charge in [-0.15, -0.1) is 0 Å². The molecule has 0 bridgehead atoms. The third-order valence-corrected chi connectivity index (χ3v) is 1.95. The molecular weight excluding hydrogens is 180 g/mol. The predicted molar refractivity (Wildman–Crippen MR) is 53.8 cm³/mol. The lowest BCUT2D eigenvalue weighted by Crippen LogP contribution is -2.07. The molecule has 0 aromatic carbocycles. The van der Waals surface area contributed by atoms with Crippen LogP contribution in [0.5, 0.6) is 0 Å². The van der Waals surface area contributed by atoms with Crippen molar-refractivity contribution >= 4 is 0 Å². The Morgan fingerprint density at radius 1 is 1.36 bits per heavy atom. The maximum absolute atomic E-state index is 5.43. The maximum atomic E-state index is 5.43. The second kappa shape index (κ2) is 5.70. The van der Waals surface area contributed by atoms with Gasteiger partial charge in [0.2, 0.25) is 6.29 Å². The van der Waals surface area contributed by atoms with Crippen LogP contribution in [0.25, 0.3) is 0 Å². The van der Waals surface area contributed by atoms with Crippen LogP contribution in [0, 0.1) is 0 Å². The first-order valence-corrected chi connectivity index (χ1v) is 4.52. The zero-order valence-electron chi connectivity index (χ0n) is 8.56. The number of rotatable bonds is 5. The van der Waals surface area contributed by atoms with E-state index in [-0.39, 0.29) is 6.29 Å². The third kappa shape index (κ3) is 2.77. The van der Waals surface area contributed by atoms with Gasteiger partial charge in [0.1, 0.15) is 0 Å². The molecule has 1 heterocycles. The molecule has 14 heavy (non-hydrogen) atoms. The van der Waals surface area contributed by atoms with Crippen molar-refractivity contribution in [1.29, 1.82) is 0 Å². The monoisotopic (exact) mass is 196 g/mol. The van der Waals surface area contributed by atoms with Gasteiger partial charge in [-0.25, -0.2) is 0 Å². The number of methoxy groups -OCH3 is 2. The zero-order chi connectivity index (χ0) is 10.4. The third-order valence-electron chi connectivity index (χ3n) is 1.95. The molecule has 4 heteroatoms. The van der Waals surface area contributed by atoms with E-state index in [1.54, 1.807) is 20.4 Å². The van der Waals surface area contributed by atoms with Crippen LogP contribution in [0.4, 0.5) is 0 Å². The molecule has 0 radical (unpaired) electrons. The number of hydrogen-bond donors (Lipinski definition) is 1. The van der Waals surface area contributed by atoms with Crippen LogP contribution in [0.3, 0.4) is 0 Å². The molecule has 2 N–H and O–H groups in total. The van der Waals surface area contributed by atoms with Gasteiger partial charge in [-0.05, 0) is 24.6 Å². The standard InChI is InChI=1S/C10H16N2O2/c1-13-10(14-2)9-4-3-8(5-6-11)7-12-9/h3-4,7,10H,5-6,11H2,1-2H3. The van der Waals surface area contributed by atoms with Crippen molar-refractivity contribution in [1.82, 2.24) is 4.98 Å². The minimum atomic E-state index is -0.387. The second-order valence-electron chi connectivity index (χ2n) is 2.93. The Labute approximate surface area is 84.0 Å². The van der Waals surface area contributed by atoms with Crippen LogP contribution in [0.2, 0.25) is 0 Å². The summed E-state index contributed by atoms with van der Waals surface area (Å²) in [5, 5.41) is 0. The maximum Gasteiger partial charge on any atom is 0.200 e. The Kier molecular flexibility index (Phi) is 4.52. The van der Waals surface area contributed by atoms with Crippen molar-refractivity contribution in [3.63, 3.8) is 0 Å². The summed E-state index contributed by atoms with van der Waals surface area (Å²) in [6.45, 7) is 0.638. The molecule has 0 amide bonds. The summed E-state index contributed by atoms with van der Waals surface area (Å²) >= 11 is 0. The molecule has 0 fully saturated rings. The van der Waals surface area contributed by atoms with Crippen LogP contribution >= 0.6 is 0 Å². The fourth-order valence-corrected chi connectivity index (χ4v) is 1.23. The summed E-state index contributed by atoms with van der Waals surface area (Å²) in [5.41, 5.74) is 7.33. The Bertz CT molecular complexity index is 257. The summed E-state index contributed by atoms with van der Waals surface area (Å²) < 4.78 is 10.2. The van der Waals surface area contributed by atoms with E-state index < -0.39 is 0 Å². The van der Waals surface area contributed by atoms with Crippen molar-refractivity contribution in [2.45, 2.75) is 12.7 Å². The smallest absolute Gasteiger partial charge is 0.200 e. The van der Waals surface area contributed by atoms with E-state index in [9.17, 15) is 0 Å². The highest BCUT2D eigenvalue weighted by Crippen LogP contribution is 2.14. The highest BCUT2D eigenvalue weighted by atomic mass is 16.7. The summed E-state index contributed by atoms with van der Waals surface area (Å²) in [6, 6.07) is 3.88. The summed E-state index contributed by atoms with van der Waals surface area (Å²) in [4.78, 5) is 4.23. The normalized spacial score (nSPS) is 10.9. The number of nitrogens with zero attached hydrogens (tertiary/aromatic N) is 1. The van der Waals surface area contributed by atoms with Gasteiger partial charge in [0.15, 0.2) is 0 Å². The topological polar surface area (TPSA) is 57.4 Å². The van der Waals surface area contributed by atoms with E-state index in [4.69, 9.17) is 15.2 Å². The van der Waals surface area contributed by atoms with Gasteiger partial charge >= 0.3 is 0 Å². The Balaban J connectivity index is 2.71. The van der Waals surface area contributed by atoms with E-state index in [0.29, 0.717) is 6.54 Å². The molecule has 1 rings (SSSR count). The lowest BCUT2D eigenvalue weighted by Gasteiger charge is -2.12. The Morgan fingerprint density at radius 3 is 2.50 bits per heavy atom. The van der Waals surface area contributed by atoms with Gasteiger partial charge in [0, 0.05) is 20.4 Å². The van der Waals surface area contributed by atoms with Gasteiger partial charge in [0.25, 0.3) is 0 Å². The number of aromatic nitrogens is 1. The molecule has 0 aliphatic heterocycles. The molecule has 0 spiro atoms. The zero-order valence-corrected chi connectivity index (χ0v) is 8.56. The van der Waals surface area contributed by atoms with Crippen LogP contribution in [-0.2, 0) is 15.9 Å². The minimum absolute atomic E-state index is 0.387. The average Bonchev–Trinajstić information content (AvgIpc) is 2.23. The van der Waals surface area contributed by atoms with Crippen LogP contribution in [-0.4, -0.2) is 25.7 Å². The fourth-order valence-electron chi connectivity index (χ4n) is 1.23.